The van der Waals surface area contributed by atoms with E-state index in [-0.39, 0.29) is 5.82 Å². The van der Waals surface area contributed by atoms with Gasteiger partial charge < -0.3 is 0 Å². The van der Waals surface area contributed by atoms with Gasteiger partial charge in [0.15, 0.2) is 17.5 Å². The summed E-state index contributed by atoms with van der Waals surface area (Å²) >= 11 is 1.79. The van der Waals surface area contributed by atoms with Crippen LogP contribution in [0.4, 0.5) is 4.39 Å². The monoisotopic (exact) mass is 585 g/mol. The van der Waals surface area contributed by atoms with Gasteiger partial charge in [-0.1, -0.05) is 115 Å². The molecule has 0 bridgehead atoms. The Labute approximate surface area is 258 Å². The molecule has 6 aromatic carbocycles. The van der Waals surface area contributed by atoms with E-state index in [0.717, 1.165) is 33.4 Å². The number of thiophene rings is 1. The van der Waals surface area contributed by atoms with Gasteiger partial charge in [0.25, 0.3) is 0 Å². The van der Waals surface area contributed by atoms with Crippen LogP contribution < -0.4 is 0 Å². The van der Waals surface area contributed by atoms with Gasteiger partial charge in [-0.3, -0.25) is 0 Å². The zero-order valence-corrected chi connectivity index (χ0v) is 24.3. The normalized spacial score (nSPS) is 11.3. The molecule has 8 rings (SSSR count). The Balaban J connectivity index is 1.25. The van der Waals surface area contributed by atoms with E-state index >= 15 is 4.39 Å². The minimum absolute atomic E-state index is 0.299. The van der Waals surface area contributed by atoms with Gasteiger partial charge in [-0.2, -0.15) is 0 Å². The summed E-state index contributed by atoms with van der Waals surface area (Å²) in [5.41, 5.74) is 5.96. The fourth-order valence-electron chi connectivity index (χ4n) is 5.65. The average Bonchev–Trinajstić information content (AvgIpc) is 3.48. The van der Waals surface area contributed by atoms with Crippen LogP contribution in [0.1, 0.15) is 0 Å². The van der Waals surface area contributed by atoms with Crippen molar-refractivity contribution in [3.8, 4) is 56.4 Å². The predicted molar refractivity (Wildman–Crippen MR) is 180 cm³/mol. The lowest BCUT2D eigenvalue weighted by Crippen LogP contribution is -2.00. The van der Waals surface area contributed by atoms with Gasteiger partial charge in [0.05, 0.1) is 0 Å². The van der Waals surface area contributed by atoms with E-state index in [1.54, 1.807) is 17.4 Å². The highest BCUT2D eigenvalue weighted by molar-refractivity contribution is 7.26. The highest BCUT2D eigenvalue weighted by atomic mass is 32.1. The van der Waals surface area contributed by atoms with Gasteiger partial charge in [0.1, 0.15) is 5.82 Å². The standard InChI is InChI=1S/C39H24FN3S/c40-34-22-21-29(39-42-37(25-11-3-1-4-12-25)41-38(43-39)26-13-5-2-6-14-26)24-33(34)28-16-9-15-27(23-28)30-18-10-19-32-31-17-7-8-20-35(31)44-36(30)32/h1-24H. The second-order valence-corrected chi connectivity index (χ2v) is 11.6. The molecule has 8 aromatic rings. The van der Waals surface area contributed by atoms with E-state index in [1.165, 1.54) is 26.2 Å². The molecule has 44 heavy (non-hydrogen) atoms. The zero-order chi connectivity index (χ0) is 29.5. The summed E-state index contributed by atoms with van der Waals surface area (Å²) in [4.78, 5) is 14.5. The van der Waals surface area contributed by atoms with Crippen LogP contribution >= 0.6 is 11.3 Å². The molecule has 5 heteroatoms. The number of rotatable bonds is 5. The van der Waals surface area contributed by atoms with Crippen molar-refractivity contribution in [2.45, 2.75) is 0 Å². The third-order valence-corrected chi connectivity index (χ3v) is 9.03. The average molecular weight is 586 g/mol. The van der Waals surface area contributed by atoms with Crippen LogP contribution in [0.5, 0.6) is 0 Å². The molecule has 0 atom stereocenters. The van der Waals surface area contributed by atoms with Gasteiger partial charge >= 0.3 is 0 Å². The van der Waals surface area contributed by atoms with E-state index in [9.17, 15) is 0 Å². The van der Waals surface area contributed by atoms with Crippen LogP contribution in [-0.4, -0.2) is 15.0 Å². The maximum absolute atomic E-state index is 15.5. The molecule has 0 aliphatic rings. The summed E-state index contributed by atoms with van der Waals surface area (Å²) in [6.07, 6.45) is 0. The molecule has 2 aromatic heterocycles. The molecule has 3 nitrogen and oxygen atoms in total. The molecule has 0 saturated heterocycles. The van der Waals surface area contributed by atoms with E-state index < -0.39 is 0 Å². The number of hydrogen-bond acceptors (Lipinski definition) is 4. The highest BCUT2D eigenvalue weighted by Gasteiger charge is 2.16. The van der Waals surface area contributed by atoms with Crippen molar-refractivity contribution in [1.82, 2.24) is 15.0 Å². The minimum Gasteiger partial charge on any atom is -0.208 e. The Bertz CT molecular complexity index is 2240. The first-order valence-corrected chi connectivity index (χ1v) is 15.2. The fraction of sp³-hybridized carbons (Fsp3) is 0. The van der Waals surface area contributed by atoms with Crippen LogP contribution in [0.3, 0.4) is 0 Å². The molecule has 0 aliphatic heterocycles. The van der Waals surface area contributed by atoms with Crippen molar-refractivity contribution in [3.05, 3.63) is 151 Å². The lowest BCUT2D eigenvalue weighted by Gasteiger charge is -2.11. The molecule has 0 N–H and O–H groups in total. The maximum atomic E-state index is 15.5. The molecule has 0 spiro atoms. The Morgan fingerprint density at radius 2 is 0.955 bits per heavy atom. The Morgan fingerprint density at radius 3 is 1.66 bits per heavy atom. The predicted octanol–water partition coefficient (Wildman–Crippen LogP) is 10.7. The fourth-order valence-corrected chi connectivity index (χ4v) is 6.89. The smallest absolute Gasteiger partial charge is 0.164 e. The molecule has 0 radical (unpaired) electrons. The van der Waals surface area contributed by atoms with E-state index in [1.807, 2.05) is 78.9 Å². The molecule has 0 amide bonds. The summed E-state index contributed by atoms with van der Waals surface area (Å²) in [7, 11) is 0. The Morgan fingerprint density at radius 1 is 0.409 bits per heavy atom. The summed E-state index contributed by atoms with van der Waals surface area (Å²) in [6, 6.07) is 47.8. The largest absolute Gasteiger partial charge is 0.208 e. The van der Waals surface area contributed by atoms with Crippen molar-refractivity contribution >= 4 is 31.5 Å². The molecule has 2 heterocycles. The van der Waals surface area contributed by atoms with Gasteiger partial charge in [0, 0.05) is 42.4 Å². The van der Waals surface area contributed by atoms with Crippen LogP contribution in [-0.2, 0) is 0 Å². The molecule has 0 fully saturated rings. The first kappa shape index (κ1) is 26.1. The molecular weight excluding hydrogens is 562 g/mol. The Hall–Kier alpha value is -5.52. The number of hydrogen-bond donors (Lipinski definition) is 0. The Kier molecular flexibility index (Phi) is 6.51. The molecule has 208 valence electrons. The number of benzene rings is 6. The van der Waals surface area contributed by atoms with Crippen molar-refractivity contribution in [1.29, 1.82) is 0 Å². The number of halogens is 1. The minimum atomic E-state index is -0.299. The SMILES string of the molecule is Fc1ccc(-c2nc(-c3ccccc3)nc(-c3ccccc3)n2)cc1-c1cccc(-c2cccc3c2sc2ccccc23)c1. The van der Waals surface area contributed by atoms with E-state index in [4.69, 9.17) is 15.0 Å². The molecule has 0 saturated carbocycles. The van der Waals surface area contributed by atoms with Crippen LogP contribution in [0, 0.1) is 5.82 Å². The topological polar surface area (TPSA) is 38.7 Å². The highest BCUT2D eigenvalue weighted by Crippen LogP contribution is 2.41. The van der Waals surface area contributed by atoms with Gasteiger partial charge in [-0.05, 0) is 47.0 Å². The van der Waals surface area contributed by atoms with Crippen LogP contribution in [0.2, 0.25) is 0 Å². The van der Waals surface area contributed by atoms with Crippen molar-refractivity contribution in [2.24, 2.45) is 0 Å². The summed E-state index contributed by atoms with van der Waals surface area (Å²) < 4.78 is 18.0. The van der Waals surface area contributed by atoms with Crippen LogP contribution in [0.15, 0.2) is 146 Å². The van der Waals surface area contributed by atoms with E-state index in [0.29, 0.717) is 23.0 Å². The summed E-state index contributed by atoms with van der Waals surface area (Å²) in [6.45, 7) is 0. The molecule has 0 unspecified atom stereocenters. The van der Waals surface area contributed by atoms with Gasteiger partial charge in [-0.15, -0.1) is 11.3 Å². The lowest BCUT2D eigenvalue weighted by molar-refractivity contribution is 0.631. The van der Waals surface area contributed by atoms with Gasteiger partial charge in [-0.25, -0.2) is 19.3 Å². The number of nitrogens with zero attached hydrogens (tertiary/aromatic N) is 3. The summed E-state index contributed by atoms with van der Waals surface area (Å²) in [5.74, 6) is 1.33. The third-order valence-electron chi connectivity index (χ3n) is 7.81. The molecular formula is C39H24FN3S. The van der Waals surface area contributed by atoms with Gasteiger partial charge in [0.2, 0.25) is 0 Å². The summed E-state index contributed by atoms with van der Waals surface area (Å²) in [5, 5.41) is 2.49. The third kappa shape index (κ3) is 4.74. The van der Waals surface area contributed by atoms with Crippen molar-refractivity contribution in [3.63, 3.8) is 0 Å². The van der Waals surface area contributed by atoms with Crippen LogP contribution in [0.25, 0.3) is 76.6 Å². The number of fused-ring (bicyclic) bond motifs is 3. The number of aromatic nitrogens is 3. The second kappa shape index (κ2) is 11.0. The first-order chi connectivity index (χ1) is 21.7. The van der Waals surface area contributed by atoms with E-state index in [2.05, 4.69) is 54.6 Å². The first-order valence-electron chi connectivity index (χ1n) is 14.4. The second-order valence-electron chi connectivity index (χ2n) is 10.6. The maximum Gasteiger partial charge on any atom is 0.164 e. The van der Waals surface area contributed by atoms with Crippen molar-refractivity contribution in [2.75, 3.05) is 0 Å². The quantitative estimate of drug-likeness (QED) is 0.202. The molecule has 0 aliphatic carbocycles. The zero-order valence-electron chi connectivity index (χ0n) is 23.5. The van der Waals surface area contributed by atoms with Crippen molar-refractivity contribution < 1.29 is 4.39 Å². The lowest BCUT2D eigenvalue weighted by atomic mass is 9.96.